The van der Waals surface area contributed by atoms with Crippen LogP contribution in [0.2, 0.25) is 0 Å². The van der Waals surface area contributed by atoms with Crippen LogP contribution in [-0.2, 0) is 9.53 Å². The second-order valence-electron chi connectivity index (χ2n) is 5.13. The molecule has 1 amide bonds. The fourth-order valence-electron chi connectivity index (χ4n) is 2.57. The maximum absolute atomic E-state index is 12.0. The van der Waals surface area contributed by atoms with Crippen molar-refractivity contribution in [3.05, 3.63) is 23.8 Å². The molecule has 0 radical (unpaired) electrons. The number of morpholine rings is 1. The minimum atomic E-state index is -0.00665. The van der Waals surface area contributed by atoms with E-state index in [0.717, 1.165) is 11.3 Å². The number of nitrogens with one attached hydrogen (secondary N) is 1. The Hall–Kier alpha value is -1.79. The van der Waals surface area contributed by atoms with Gasteiger partial charge in [0.15, 0.2) is 6.61 Å². The fraction of sp³-hybridized carbons (Fsp3) is 0.533. The lowest BCUT2D eigenvalue weighted by Crippen LogP contribution is -2.42. The minimum Gasteiger partial charge on any atom is -0.491 e. The number of carbonyl (C=O) groups excluding carboxylic acids is 1. The van der Waals surface area contributed by atoms with Gasteiger partial charge in [0.2, 0.25) is 0 Å². The molecule has 1 unspecified atom stereocenters. The van der Waals surface area contributed by atoms with Crippen LogP contribution in [0.15, 0.2) is 18.2 Å². The van der Waals surface area contributed by atoms with Gasteiger partial charge < -0.3 is 24.4 Å². The van der Waals surface area contributed by atoms with Gasteiger partial charge in [-0.1, -0.05) is 0 Å². The second-order valence-corrected chi connectivity index (χ2v) is 5.13. The summed E-state index contributed by atoms with van der Waals surface area (Å²) < 4.78 is 16.4. The normalized spacial score (nSPS) is 20.8. The van der Waals surface area contributed by atoms with E-state index in [1.807, 2.05) is 25.2 Å². The van der Waals surface area contributed by atoms with E-state index in [0.29, 0.717) is 38.7 Å². The van der Waals surface area contributed by atoms with E-state index < -0.39 is 0 Å². The van der Waals surface area contributed by atoms with Crippen LogP contribution in [-0.4, -0.2) is 57.4 Å². The first-order valence-corrected chi connectivity index (χ1v) is 7.20. The molecule has 21 heavy (non-hydrogen) atoms. The predicted octanol–water partition coefficient (Wildman–Crippen LogP) is 0.577. The maximum atomic E-state index is 12.0. The monoisotopic (exact) mass is 292 g/mol. The summed E-state index contributed by atoms with van der Waals surface area (Å²) in [7, 11) is 1.91. The molecule has 1 saturated heterocycles. The van der Waals surface area contributed by atoms with Crippen molar-refractivity contribution in [2.45, 2.75) is 6.04 Å². The summed E-state index contributed by atoms with van der Waals surface area (Å²) in [6, 6.07) is 5.94. The van der Waals surface area contributed by atoms with Crippen LogP contribution in [0.4, 0.5) is 0 Å². The molecule has 1 N–H and O–H groups in total. The molecule has 3 rings (SSSR count). The van der Waals surface area contributed by atoms with Gasteiger partial charge in [0.1, 0.15) is 18.1 Å². The zero-order chi connectivity index (χ0) is 14.7. The summed E-state index contributed by atoms with van der Waals surface area (Å²) in [5.41, 5.74) is 1.13. The number of rotatable bonds is 4. The first-order valence-electron chi connectivity index (χ1n) is 7.20. The van der Waals surface area contributed by atoms with Crippen LogP contribution < -0.4 is 14.8 Å². The van der Waals surface area contributed by atoms with Gasteiger partial charge in [-0.2, -0.15) is 0 Å². The van der Waals surface area contributed by atoms with Crippen molar-refractivity contribution < 1.29 is 19.0 Å². The highest BCUT2D eigenvalue weighted by atomic mass is 16.5. The van der Waals surface area contributed by atoms with E-state index in [1.165, 1.54) is 0 Å². The molecule has 6 heteroatoms. The van der Waals surface area contributed by atoms with Crippen LogP contribution in [0.1, 0.15) is 11.6 Å². The number of carbonyl (C=O) groups is 1. The van der Waals surface area contributed by atoms with Gasteiger partial charge in [0.25, 0.3) is 5.91 Å². The lowest BCUT2D eigenvalue weighted by molar-refractivity contribution is -0.137. The Bertz CT molecular complexity index is 514. The van der Waals surface area contributed by atoms with E-state index >= 15 is 0 Å². The highest BCUT2D eigenvalue weighted by molar-refractivity contribution is 5.77. The summed E-state index contributed by atoms with van der Waals surface area (Å²) in [6.45, 7) is 3.16. The van der Waals surface area contributed by atoms with Crippen LogP contribution >= 0.6 is 0 Å². The Balaban J connectivity index is 1.57. The van der Waals surface area contributed by atoms with Crippen molar-refractivity contribution in [2.75, 3.05) is 46.6 Å². The number of nitrogens with zero attached hydrogens (tertiary/aromatic N) is 1. The molecular weight excluding hydrogens is 272 g/mol. The van der Waals surface area contributed by atoms with Crippen LogP contribution in [0.5, 0.6) is 11.5 Å². The molecule has 1 fully saturated rings. The van der Waals surface area contributed by atoms with E-state index in [-0.39, 0.29) is 18.6 Å². The van der Waals surface area contributed by atoms with Crippen molar-refractivity contribution in [1.82, 2.24) is 10.2 Å². The zero-order valence-electron chi connectivity index (χ0n) is 12.1. The fourth-order valence-corrected chi connectivity index (χ4v) is 2.57. The van der Waals surface area contributed by atoms with E-state index in [4.69, 9.17) is 14.2 Å². The molecule has 0 spiro atoms. The Morgan fingerprint density at radius 1 is 1.43 bits per heavy atom. The highest BCUT2D eigenvalue weighted by Crippen LogP contribution is 2.34. The molecule has 0 saturated carbocycles. The highest BCUT2D eigenvalue weighted by Gasteiger charge is 2.23. The number of likely N-dealkylation sites (N-methyl/N-ethyl adjacent to an activating group) is 1. The second kappa shape index (κ2) is 6.32. The summed E-state index contributed by atoms with van der Waals surface area (Å²) in [6.07, 6.45) is 0. The Kier molecular flexibility index (Phi) is 4.26. The first kappa shape index (κ1) is 14.2. The largest absolute Gasteiger partial charge is 0.491 e. The van der Waals surface area contributed by atoms with Crippen molar-refractivity contribution in [3.8, 4) is 11.5 Å². The van der Waals surface area contributed by atoms with Gasteiger partial charge in [-0.05, 0) is 19.2 Å². The molecule has 114 valence electrons. The standard InChI is InChI=1S/C15H20N2O4/c1-16-13-9-21-14-8-11(2-3-12(13)14)20-10-15(18)17-4-6-19-7-5-17/h2-3,8,13,16H,4-7,9-10H2,1H3. The van der Waals surface area contributed by atoms with E-state index in [2.05, 4.69) is 5.32 Å². The van der Waals surface area contributed by atoms with Crippen LogP contribution in [0, 0.1) is 0 Å². The summed E-state index contributed by atoms with van der Waals surface area (Å²) >= 11 is 0. The molecule has 1 aromatic rings. The van der Waals surface area contributed by atoms with Gasteiger partial charge in [-0.15, -0.1) is 0 Å². The smallest absolute Gasteiger partial charge is 0.260 e. The predicted molar refractivity (Wildman–Crippen MR) is 76.6 cm³/mol. The number of benzene rings is 1. The van der Waals surface area contributed by atoms with Crippen molar-refractivity contribution in [3.63, 3.8) is 0 Å². The third kappa shape index (κ3) is 3.11. The van der Waals surface area contributed by atoms with Gasteiger partial charge >= 0.3 is 0 Å². The minimum absolute atomic E-state index is 0.00665. The Morgan fingerprint density at radius 2 is 2.24 bits per heavy atom. The Morgan fingerprint density at radius 3 is 3.00 bits per heavy atom. The van der Waals surface area contributed by atoms with Crippen LogP contribution in [0.3, 0.4) is 0 Å². The number of ether oxygens (including phenoxy) is 3. The molecule has 6 nitrogen and oxygen atoms in total. The van der Waals surface area contributed by atoms with Crippen LogP contribution in [0.25, 0.3) is 0 Å². The molecule has 1 aromatic carbocycles. The number of amides is 1. The Labute approximate surface area is 124 Å². The van der Waals surface area contributed by atoms with E-state index in [9.17, 15) is 4.79 Å². The molecule has 0 aromatic heterocycles. The third-order valence-electron chi connectivity index (χ3n) is 3.84. The van der Waals surface area contributed by atoms with Gasteiger partial charge in [0.05, 0.1) is 19.3 Å². The quantitative estimate of drug-likeness (QED) is 0.879. The van der Waals surface area contributed by atoms with E-state index in [1.54, 1.807) is 4.90 Å². The molecule has 0 aliphatic carbocycles. The summed E-state index contributed by atoms with van der Waals surface area (Å²) in [5.74, 6) is 1.48. The molecule has 2 heterocycles. The summed E-state index contributed by atoms with van der Waals surface area (Å²) in [4.78, 5) is 13.8. The molecule has 1 atom stereocenters. The number of hydrogen-bond acceptors (Lipinski definition) is 5. The third-order valence-corrected chi connectivity index (χ3v) is 3.84. The number of fused-ring (bicyclic) bond motifs is 1. The van der Waals surface area contributed by atoms with Gasteiger partial charge in [-0.25, -0.2) is 0 Å². The average Bonchev–Trinajstić information content (AvgIpc) is 2.95. The van der Waals surface area contributed by atoms with Crippen molar-refractivity contribution >= 4 is 5.91 Å². The molecule has 2 aliphatic rings. The summed E-state index contributed by atoms with van der Waals surface area (Å²) in [5, 5.41) is 3.19. The lowest BCUT2D eigenvalue weighted by atomic mass is 10.1. The van der Waals surface area contributed by atoms with Crippen molar-refractivity contribution in [2.24, 2.45) is 0 Å². The molecule has 0 bridgehead atoms. The molecule has 2 aliphatic heterocycles. The first-order chi connectivity index (χ1) is 10.3. The molecular formula is C15H20N2O4. The lowest BCUT2D eigenvalue weighted by Gasteiger charge is -2.26. The number of hydrogen-bond donors (Lipinski definition) is 1. The van der Waals surface area contributed by atoms with Crippen molar-refractivity contribution in [1.29, 1.82) is 0 Å². The van der Waals surface area contributed by atoms with Gasteiger partial charge in [0, 0.05) is 24.7 Å². The average molecular weight is 292 g/mol. The SMILES string of the molecule is CNC1COc2cc(OCC(=O)N3CCOCC3)ccc21. The van der Waals surface area contributed by atoms with Gasteiger partial charge in [-0.3, -0.25) is 4.79 Å². The maximum Gasteiger partial charge on any atom is 0.260 e. The topological polar surface area (TPSA) is 60.0 Å². The zero-order valence-corrected chi connectivity index (χ0v) is 12.1.